The number of nitro benzene ring substituents is 1. The molecular weight excluding hydrogens is 466 g/mol. The lowest BCUT2D eigenvalue weighted by atomic mass is 10.1. The highest BCUT2D eigenvalue weighted by Gasteiger charge is 2.27. The minimum atomic E-state index is -0.437. The summed E-state index contributed by atoms with van der Waals surface area (Å²) >= 11 is 1.42. The Hall–Kier alpha value is -3.89. The fourth-order valence-electron chi connectivity index (χ4n) is 4.07. The van der Waals surface area contributed by atoms with E-state index in [1.165, 1.54) is 17.4 Å². The van der Waals surface area contributed by atoms with Crippen molar-refractivity contribution < 1.29 is 14.5 Å². The molecule has 35 heavy (non-hydrogen) atoms. The highest BCUT2D eigenvalue weighted by atomic mass is 32.1. The molecule has 1 saturated heterocycles. The molecule has 178 valence electrons. The van der Waals surface area contributed by atoms with E-state index in [-0.39, 0.29) is 23.7 Å². The zero-order valence-electron chi connectivity index (χ0n) is 19.1. The van der Waals surface area contributed by atoms with Crippen molar-refractivity contribution in [3.05, 3.63) is 87.7 Å². The summed E-state index contributed by atoms with van der Waals surface area (Å²) < 4.78 is 6.34. The third kappa shape index (κ3) is 4.84. The van der Waals surface area contributed by atoms with Crippen LogP contribution in [0, 0.1) is 17.0 Å². The van der Waals surface area contributed by atoms with Crippen LogP contribution < -0.4 is 9.80 Å². The van der Waals surface area contributed by atoms with Crippen molar-refractivity contribution in [3.63, 3.8) is 0 Å². The Morgan fingerprint density at radius 1 is 1.20 bits per heavy atom. The molecule has 1 fully saturated rings. The van der Waals surface area contributed by atoms with Gasteiger partial charge in [-0.2, -0.15) is 0 Å². The van der Waals surface area contributed by atoms with Crippen LogP contribution in [0.2, 0.25) is 0 Å². The van der Waals surface area contributed by atoms with Gasteiger partial charge in [0.2, 0.25) is 0 Å². The van der Waals surface area contributed by atoms with E-state index >= 15 is 0 Å². The molecule has 1 aliphatic heterocycles. The predicted molar refractivity (Wildman–Crippen MR) is 135 cm³/mol. The summed E-state index contributed by atoms with van der Waals surface area (Å²) in [5.74, 6) is -0.360. The van der Waals surface area contributed by atoms with Crippen LogP contribution in [-0.4, -0.2) is 47.1 Å². The Morgan fingerprint density at radius 2 is 2.03 bits per heavy atom. The molecule has 9 nitrogen and oxygen atoms in total. The molecule has 2 aromatic carbocycles. The number of fused-ring (bicyclic) bond motifs is 1. The fraction of sp³-hybridized carbons (Fsp3) is 0.240. The Morgan fingerprint density at radius 3 is 2.77 bits per heavy atom. The van der Waals surface area contributed by atoms with Gasteiger partial charge in [0, 0.05) is 37.1 Å². The standard InChI is InChI=1S/C25H23N5O4S/c1-17-4-6-20-23(13-17)35-25(27-20)29(16-18-3-2-8-26-15-18)24(31)19-5-7-21(22(14-19)30(32)33)28-9-11-34-12-10-28/h2-8,13-15H,9-12,16H2,1H3. The van der Waals surface area contributed by atoms with E-state index in [4.69, 9.17) is 9.72 Å². The number of rotatable bonds is 6. The van der Waals surface area contributed by atoms with E-state index < -0.39 is 4.92 Å². The number of nitro groups is 1. The Labute approximate surface area is 205 Å². The maximum absolute atomic E-state index is 13.8. The van der Waals surface area contributed by atoms with Gasteiger partial charge >= 0.3 is 0 Å². The van der Waals surface area contributed by atoms with Gasteiger partial charge < -0.3 is 9.64 Å². The average molecular weight is 490 g/mol. The molecule has 0 N–H and O–H groups in total. The number of aryl methyl sites for hydroxylation is 1. The molecule has 0 atom stereocenters. The lowest BCUT2D eigenvalue weighted by Crippen LogP contribution is -2.36. The van der Waals surface area contributed by atoms with Crippen LogP contribution in [0.15, 0.2) is 60.9 Å². The van der Waals surface area contributed by atoms with Crippen LogP contribution in [0.4, 0.5) is 16.5 Å². The first kappa shape index (κ1) is 22.9. The van der Waals surface area contributed by atoms with Crippen LogP contribution >= 0.6 is 11.3 Å². The number of pyridine rings is 1. The highest BCUT2D eigenvalue weighted by Crippen LogP contribution is 2.34. The number of benzene rings is 2. The molecule has 0 aliphatic carbocycles. The van der Waals surface area contributed by atoms with Gasteiger partial charge in [-0.15, -0.1) is 0 Å². The zero-order chi connectivity index (χ0) is 24.4. The van der Waals surface area contributed by atoms with E-state index in [1.54, 1.807) is 29.4 Å². The van der Waals surface area contributed by atoms with E-state index in [9.17, 15) is 14.9 Å². The zero-order valence-corrected chi connectivity index (χ0v) is 19.9. The summed E-state index contributed by atoms with van der Waals surface area (Å²) in [7, 11) is 0. The number of thiazole rings is 1. The van der Waals surface area contributed by atoms with E-state index in [0.717, 1.165) is 21.3 Å². The van der Waals surface area contributed by atoms with Gasteiger partial charge in [0.15, 0.2) is 5.13 Å². The van der Waals surface area contributed by atoms with Gasteiger partial charge in [-0.1, -0.05) is 23.5 Å². The number of morpholine rings is 1. The van der Waals surface area contributed by atoms with Crippen molar-refractivity contribution in [2.75, 3.05) is 36.1 Å². The molecule has 0 saturated carbocycles. The Bertz CT molecular complexity index is 1390. The van der Waals surface area contributed by atoms with Crippen LogP contribution in [0.1, 0.15) is 21.5 Å². The van der Waals surface area contributed by atoms with Crippen molar-refractivity contribution >= 4 is 44.0 Å². The van der Waals surface area contributed by atoms with Gasteiger partial charge in [-0.25, -0.2) is 4.98 Å². The molecule has 2 aromatic heterocycles. The van der Waals surface area contributed by atoms with Crippen LogP contribution in [0.25, 0.3) is 10.2 Å². The number of hydrogen-bond acceptors (Lipinski definition) is 8. The molecule has 0 bridgehead atoms. The summed E-state index contributed by atoms with van der Waals surface area (Å²) in [6.07, 6.45) is 3.37. The van der Waals surface area contributed by atoms with Crippen molar-refractivity contribution in [2.24, 2.45) is 0 Å². The first-order valence-corrected chi connectivity index (χ1v) is 12.0. The summed E-state index contributed by atoms with van der Waals surface area (Å²) in [6.45, 7) is 4.39. The summed E-state index contributed by atoms with van der Waals surface area (Å²) in [5, 5.41) is 12.5. The van der Waals surface area contributed by atoms with E-state index in [2.05, 4.69) is 4.98 Å². The predicted octanol–water partition coefficient (Wildman–Crippen LogP) is 4.59. The molecule has 0 unspecified atom stereocenters. The second-order valence-corrected chi connectivity index (χ2v) is 9.29. The SMILES string of the molecule is Cc1ccc2nc(N(Cc3cccnc3)C(=O)c3ccc(N4CCOCC4)c([N+](=O)[O-])c3)sc2c1. The number of amides is 1. The third-order valence-electron chi connectivity index (χ3n) is 5.84. The quantitative estimate of drug-likeness (QED) is 0.288. The minimum Gasteiger partial charge on any atom is -0.378 e. The maximum Gasteiger partial charge on any atom is 0.293 e. The number of nitrogens with zero attached hydrogens (tertiary/aromatic N) is 5. The summed E-state index contributed by atoms with van der Waals surface area (Å²) in [4.78, 5) is 37.6. The van der Waals surface area contributed by atoms with Gasteiger partial charge in [0.25, 0.3) is 11.6 Å². The van der Waals surface area contributed by atoms with Crippen molar-refractivity contribution in [2.45, 2.75) is 13.5 Å². The number of carbonyl (C=O) groups excluding carboxylic acids is 1. The molecule has 1 amide bonds. The third-order valence-corrected chi connectivity index (χ3v) is 6.88. The average Bonchev–Trinajstić information content (AvgIpc) is 3.30. The smallest absolute Gasteiger partial charge is 0.293 e. The normalized spacial score (nSPS) is 13.7. The van der Waals surface area contributed by atoms with Crippen LogP contribution in [-0.2, 0) is 11.3 Å². The van der Waals surface area contributed by atoms with E-state index in [0.29, 0.717) is 37.1 Å². The lowest BCUT2D eigenvalue weighted by Gasteiger charge is -2.28. The van der Waals surface area contributed by atoms with Gasteiger partial charge in [0.1, 0.15) is 5.69 Å². The summed E-state index contributed by atoms with van der Waals surface area (Å²) in [6, 6.07) is 14.3. The van der Waals surface area contributed by atoms with Crippen molar-refractivity contribution in [1.29, 1.82) is 0 Å². The maximum atomic E-state index is 13.8. The second kappa shape index (κ2) is 9.77. The molecule has 1 aliphatic rings. The Balaban J connectivity index is 1.54. The largest absolute Gasteiger partial charge is 0.378 e. The number of anilines is 2. The molecular formula is C25H23N5O4S. The molecule has 0 spiro atoms. The van der Waals surface area contributed by atoms with Gasteiger partial charge in [0.05, 0.1) is 34.9 Å². The first-order valence-electron chi connectivity index (χ1n) is 11.2. The number of hydrogen-bond donors (Lipinski definition) is 0. The Kier molecular flexibility index (Phi) is 6.39. The number of aromatic nitrogens is 2. The monoisotopic (exact) mass is 489 g/mol. The molecule has 5 rings (SSSR count). The molecule has 10 heteroatoms. The topological polar surface area (TPSA) is 102 Å². The molecule has 4 aromatic rings. The molecule has 3 heterocycles. The lowest BCUT2D eigenvalue weighted by molar-refractivity contribution is -0.384. The fourth-order valence-corrected chi connectivity index (χ4v) is 5.13. The van der Waals surface area contributed by atoms with Crippen LogP contribution in [0.3, 0.4) is 0 Å². The highest BCUT2D eigenvalue weighted by molar-refractivity contribution is 7.22. The summed E-state index contributed by atoms with van der Waals surface area (Å²) in [5.41, 5.74) is 3.35. The van der Waals surface area contributed by atoms with Crippen molar-refractivity contribution in [3.8, 4) is 0 Å². The number of ether oxygens (including phenoxy) is 1. The first-order chi connectivity index (χ1) is 17.0. The number of carbonyl (C=O) groups is 1. The van der Waals surface area contributed by atoms with Gasteiger partial charge in [-0.05, 0) is 48.4 Å². The van der Waals surface area contributed by atoms with Crippen molar-refractivity contribution in [1.82, 2.24) is 9.97 Å². The molecule has 0 radical (unpaired) electrons. The van der Waals surface area contributed by atoms with Crippen LogP contribution in [0.5, 0.6) is 0 Å². The second-order valence-electron chi connectivity index (χ2n) is 8.28. The minimum absolute atomic E-state index is 0.0981. The van der Waals surface area contributed by atoms with E-state index in [1.807, 2.05) is 42.2 Å². The van der Waals surface area contributed by atoms with Gasteiger partial charge in [-0.3, -0.25) is 24.8 Å².